The number of carbonyl (C=O) groups is 2. The van der Waals surface area contributed by atoms with E-state index in [1.807, 2.05) is 29.1 Å². The Morgan fingerprint density at radius 3 is 2.16 bits per heavy atom. The van der Waals surface area contributed by atoms with Crippen LogP contribution in [-0.4, -0.2) is 179 Å². The van der Waals surface area contributed by atoms with E-state index in [0.29, 0.717) is 55.3 Å². The van der Waals surface area contributed by atoms with Crippen molar-refractivity contribution in [3.63, 3.8) is 0 Å². The van der Waals surface area contributed by atoms with Gasteiger partial charge in [0.1, 0.15) is 54.2 Å². The molecule has 0 aromatic carbocycles. The lowest BCUT2D eigenvalue weighted by Crippen LogP contribution is -2.63. The molecule has 20 nitrogen and oxygen atoms in total. The van der Waals surface area contributed by atoms with Crippen molar-refractivity contribution in [2.45, 2.75) is 340 Å². The number of aliphatic hydroxyl groups excluding tert-OH is 9. The van der Waals surface area contributed by atoms with Gasteiger partial charge in [-0.15, -0.1) is 0 Å². The summed E-state index contributed by atoms with van der Waals surface area (Å²) in [6, 6.07) is -1.62. The second kappa shape index (κ2) is 32.6. The minimum atomic E-state index is -1.83. The molecule has 9 rings (SSSR count). The smallest absolute Gasteiger partial charge is 0.407 e. The Hall–Kier alpha value is -0.950. The summed E-state index contributed by atoms with van der Waals surface area (Å²) in [4.78, 5) is 42.1. The fraction of sp³-hybridized carbons (Fsp3) is 0.934. The number of hydrogen-bond acceptors (Lipinski definition) is 19. The van der Waals surface area contributed by atoms with Gasteiger partial charge in [-0.05, 0) is 210 Å². The maximum absolute atomic E-state index is 15.5. The van der Waals surface area contributed by atoms with E-state index >= 15 is 4.79 Å². The van der Waals surface area contributed by atoms with Gasteiger partial charge >= 0.3 is 12.1 Å². The number of alkyl halides is 1. The van der Waals surface area contributed by atoms with Crippen LogP contribution in [0.5, 0.6) is 0 Å². The first-order valence-electron chi connectivity index (χ1n) is 37.9. The van der Waals surface area contributed by atoms with E-state index in [1.165, 1.54) is 65.2 Å². The van der Waals surface area contributed by atoms with Crippen LogP contribution in [-0.2, 0) is 38.3 Å². The molecular formula is C76H128I2N2O18. The van der Waals surface area contributed by atoms with Crippen molar-refractivity contribution in [2.24, 2.45) is 94.4 Å². The lowest BCUT2D eigenvalue weighted by Gasteiger charge is -2.63. The Bertz CT molecular complexity index is 2710. The highest BCUT2D eigenvalue weighted by atomic mass is 127. The fourth-order valence-corrected chi connectivity index (χ4v) is 24.1. The third-order valence-corrected chi connectivity index (χ3v) is 30.5. The van der Waals surface area contributed by atoms with Crippen LogP contribution in [0.4, 0.5) is 4.79 Å². The lowest BCUT2D eigenvalue weighted by atomic mass is 9.42. The van der Waals surface area contributed by atoms with Gasteiger partial charge in [-0.1, -0.05) is 143 Å². The van der Waals surface area contributed by atoms with Crippen LogP contribution in [0, 0.1) is 91.2 Å². The van der Waals surface area contributed by atoms with E-state index < -0.39 is 131 Å². The zero-order valence-electron chi connectivity index (χ0n) is 61.5. The number of nitrogens with one attached hydrogen (secondary N) is 1. The molecule has 0 aromatic heterocycles. The molecule has 2 saturated heterocycles. The topological polar surface area (TPSA) is 305 Å². The maximum atomic E-state index is 15.5. The van der Waals surface area contributed by atoms with Gasteiger partial charge in [-0.3, -0.25) is 4.89 Å². The van der Waals surface area contributed by atoms with Crippen molar-refractivity contribution in [1.82, 2.24) is 5.32 Å². The quantitative estimate of drug-likeness (QED) is 0.0107. The van der Waals surface area contributed by atoms with Gasteiger partial charge in [-0.2, -0.15) is 4.89 Å². The maximum Gasteiger partial charge on any atom is 0.407 e. The zero-order valence-corrected chi connectivity index (χ0v) is 65.9. The largest absolute Gasteiger partial charge is 0.446 e. The normalized spacial score (nSPS) is 45.7. The van der Waals surface area contributed by atoms with Gasteiger partial charge in [0.2, 0.25) is 0 Å². The summed E-state index contributed by atoms with van der Waals surface area (Å²) in [5.74, 6) is 4.11. The molecule has 1 amide bonds. The summed E-state index contributed by atoms with van der Waals surface area (Å²) in [6.07, 6.45) is 2.85. The highest BCUT2D eigenvalue weighted by molar-refractivity contribution is 14.1. The van der Waals surface area contributed by atoms with Crippen molar-refractivity contribution in [3.05, 3.63) is 11.6 Å². The minimum Gasteiger partial charge on any atom is -0.446 e. The zero-order chi connectivity index (χ0) is 72.0. The molecule has 0 radical (unpaired) electrons. The molecule has 2 aliphatic heterocycles. The second-order valence-electron chi connectivity index (χ2n) is 35.6. The molecule has 0 bridgehead atoms. The molecule has 22 heteroatoms. The number of amides is 1. The number of rotatable bonds is 24. The van der Waals surface area contributed by atoms with Crippen LogP contribution in [0.25, 0.3) is 0 Å². The number of allylic oxidation sites excluding steroid dienone is 2. The van der Waals surface area contributed by atoms with Crippen molar-refractivity contribution in [2.75, 3.05) is 13.2 Å². The third-order valence-electron chi connectivity index (χ3n) is 28.3. The van der Waals surface area contributed by atoms with Crippen LogP contribution >= 0.6 is 45.5 Å². The first-order chi connectivity index (χ1) is 46.0. The van der Waals surface area contributed by atoms with E-state index in [9.17, 15) is 50.8 Å². The summed E-state index contributed by atoms with van der Waals surface area (Å²) in [7, 11) is 0. The monoisotopic (exact) mass is 1610 g/mol. The summed E-state index contributed by atoms with van der Waals surface area (Å²) >= 11 is 4.33. The number of halogens is 2. The lowest BCUT2D eigenvalue weighted by molar-refractivity contribution is -0.351. The van der Waals surface area contributed by atoms with Gasteiger partial charge in [-0.25, -0.2) is 12.8 Å². The Morgan fingerprint density at radius 1 is 0.806 bits per heavy atom. The van der Waals surface area contributed by atoms with Crippen molar-refractivity contribution in [3.8, 4) is 0 Å². The van der Waals surface area contributed by atoms with Crippen molar-refractivity contribution < 1.29 is 89.0 Å². The molecule has 564 valence electrons. The minimum absolute atomic E-state index is 0.00340. The molecule has 9 fully saturated rings. The van der Waals surface area contributed by atoms with Crippen LogP contribution in [0.15, 0.2) is 14.9 Å². The van der Waals surface area contributed by atoms with Crippen LogP contribution in [0.1, 0.15) is 238 Å². The number of fused-ring (bicyclic) bond motifs is 6. The SMILES string of the molecule is CCC1(C)CCC2C(C)(CC[C@H](O)C2(C)C=NI)C1C/C=C1\CC[C@H](O)[C@](CCC(C)(C)C)(C(=O)OOC(CO)[C@H](NC(=O)O[C@H]2CCC3(C)C(CCC4C3CCC3(C)C4CCC3[C@H](C)CCCC(C)C)C2)C(O)C(C)O[C@@H]2OC(C)[C@H](O[C@@H]3OC[C@@H](O)C(O)C3O)C(O)C2O)C1I. The van der Waals surface area contributed by atoms with Crippen LogP contribution < -0.4 is 5.32 Å². The van der Waals surface area contributed by atoms with Crippen LogP contribution in [0.2, 0.25) is 0 Å². The average Bonchev–Trinajstić information content (AvgIpc) is 1.06. The van der Waals surface area contributed by atoms with Crippen molar-refractivity contribution in [1.29, 1.82) is 0 Å². The summed E-state index contributed by atoms with van der Waals surface area (Å²) in [6.45, 7) is 29.4. The molecule has 7 aliphatic carbocycles. The number of alkyl carbamates (subject to hydrolysis) is 1. The molecule has 21 unspecified atom stereocenters. The molecule has 98 heavy (non-hydrogen) atoms. The Kier molecular flexibility index (Phi) is 27.0. The standard InChI is InChI=1S/C76H128I2N2O18/c1-15-71(10)31-29-55-74(13,34-30-56(83)75(55,14)40-79-78)54(71)25-19-45-20-26-57(84)76(65(45)77,36-35-70(7,8)9)68(90)98-97-53(38-81)58(59(85)43(5)93-67-63(89)61(87)64(44(6)94-67)96-66-62(88)60(86)52(82)39-92-66)80-69(91)95-47-27-32-72(11)46(37-47)21-22-48-50-24-23-49(42(4)18-16-17-41(2)3)73(50,12)33-28-51(48)72/h19,40-44,46-67,81-89H,15-18,20-39H2,1-14H3,(H,80,91)/b45-19+,79-40?/t42-,43?,44?,46?,47+,48?,49?,50?,51?,52-,53?,54?,55?,56+,57+,58+,59?,60?,61?,62?,63?,64+,65?,66+,67-,71?,72?,73?,74?,75?,76+/m1/s1. The number of aliphatic hydroxyl groups is 9. The molecule has 10 N–H and O–H groups in total. The Balaban J connectivity index is 0.934. The van der Waals surface area contributed by atoms with Gasteiger partial charge in [0.25, 0.3) is 0 Å². The van der Waals surface area contributed by atoms with E-state index in [2.05, 4.69) is 120 Å². The molecule has 0 aromatic rings. The van der Waals surface area contributed by atoms with Gasteiger partial charge in [0, 0.05) is 11.6 Å². The van der Waals surface area contributed by atoms with Gasteiger partial charge in [0.05, 0.1) is 70.5 Å². The summed E-state index contributed by atoms with van der Waals surface area (Å²) in [5.41, 5.74) is -0.971. The number of ether oxygens (including phenoxy) is 5. The summed E-state index contributed by atoms with van der Waals surface area (Å²) < 4.78 is 33.7. The highest BCUT2D eigenvalue weighted by Gasteiger charge is 2.64. The number of carbonyl (C=O) groups excluding carboxylic acids is 2. The third kappa shape index (κ3) is 16.3. The first-order valence-corrected chi connectivity index (χ1v) is 40.2. The molecule has 9 aliphatic rings. The van der Waals surface area contributed by atoms with E-state index in [1.54, 1.807) is 0 Å². The predicted octanol–water partition coefficient (Wildman–Crippen LogP) is 11.6. The summed E-state index contributed by atoms with van der Waals surface area (Å²) in [5, 5.41) is 105. The van der Waals surface area contributed by atoms with Crippen LogP contribution in [0.3, 0.4) is 0 Å². The Labute approximate surface area is 613 Å². The molecule has 0 spiro atoms. The average molecular weight is 1610 g/mol. The van der Waals surface area contributed by atoms with E-state index in [-0.39, 0.29) is 52.9 Å². The second-order valence-corrected chi connectivity index (χ2v) is 37.4. The molecule has 7 saturated carbocycles. The van der Waals surface area contributed by atoms with Crippen molar-refractivity contribution >= 4 is 63.7 Å². The Morgan fingerprint density at radius 2 is 1.49 bits per heavy atom. The van der Waals surface area contributed by atoms with Gasteiger partial charge < -0.3 is 75.0 Å². The first kappa shape index (κ1) is 81.1. The molecule has 31 atom stereocenters. The van der Waals surface area contributed by atoms with Gasteiger partial charge in [0.15, 0.2) is 18.7 Å². The number of hydrogen-bond donors (Lipinski definition) is 10. The van der Waals surface area contributed by atoms with E-state index in [0.717, 1.165) is 74.2 Å². The fourth-order valence-electron chi connectivity index (χ4n) is 21.9. The van der Waals surface area contributed by atoms with E-state index in [4.69, 9.17) is 33.5 Å². The highest BCUT2D eigenvalue weighted by Crippen LogP contribution is 2.70. The predicted molar refractivity (Wildman–Crippen MR) is 389 cm³/mol. The number of nitrogens with zero attached hydrogens (tertiary/aromatic N) is 1. The molecule has 2 heterocycles. The molecular weight excluding hydrogens is 1480 g/mol.